The van der Waals surface area contributed by atoms with E-state index in [2.05, 4.69) is 15.5 Å². The van der Waals surface area contributed by atoms with Crippen molar-refractivity contribution in [1.29, 1.82) is 0 Å². The van der Waals surface area contributed by atoms with Gasteiger partial charge in [0, 0.05) is 18.0 Å². The summed E-state index contributed by atoms with van der Waals surface area (Å²) in [5.74, 6) is 1.46. The number of aryl methyl sites for hydroxylation is 1. The summed E-state index contributed by atoms with van der Waals surface area (Å²) in [4.78, 5) is 4.50. The van der Waals surface area contributed by atoms with E-state index in [0.717, 1.165) is 31.0 Å². The second-order valence-electron chi connectivity index (χ2n) is 5.97. The molecule has 4 nitrogen and oxygen atoms in total. The Morgan fingerprint density at radius 3 is 3.10 bits per heavy atom. The van der Waals surface area contributed by atoms with Crippen molar-refractivity contribution in [2.24, 2.45) is 5.41 Å². The summed E-state index contributed by atoms with van der Waals surface area (Å²) in [5, 5.41) is 7.44. The van der Waals surface area contributed by atoms with Gasteiger partial charge in [-0.05, 0) is 55.5 Å². The van der Waals surface area contributed by atoms with Crippen LogP contribution in [0.1, 0.15) is 30.2 Å². The fourth-order valence-corrected chi connectivity index (χ4v) is 3.21. The molecule has 4 rings (SSSR count). The highest BCUT2D eigenvalue weighted by atomic mass is 19.1. The number of hydrogen-bond acceptors (Lipinski definition) is 4. The van der Waals surface area contributed by atoms with Crippen LogP contribution in [-0.4, -0.2) is 23.2 Å². The molecule has 2 unspecified atom stereocenters. The van der Waals surface area contributed by atoms with Crippen LogP contribution in [0.25, 0.3) is 11.4 Å². The van der Waals surface area contributed by atoms with Crippen molar-refractivity contribution in [3.05, 3.63) is 35.5 Å². The first-order chi connectivity index (χ1) is 9.68. The Morgan fingerprint density at radius 2 is 2.35 bits per heavy atom. The maximum absolute atomic E-state index is 13.3. The minimum Gasteiger partial charge on any atom is -0.339 e. The van der Waals surface area contributed by atoms with E-state index in [1.165, 1.54) is 12.5 Å². The van der Waals surface area contributed by atoms with E-state index >= 15 is 0 Å². The quantitative estimate of drug-likeness (QED) is 0.914. The van der Waals surface area contributed by atoms with Gasteiger partial charge in [0.05, 0.1) is 0 Å². The van der Waals surface area contributed by atoms with Gasteiger partial charge in [-0.2, -0.15) is 4.98 Å². The first kappa shape index (κ1) is 12.0. The lowest BCUT2D eigenvalue weighted by atomic mass is 10.0. The molecule has 1 aliphatic heterocycles. The second kappa shape index (κ2) is 4.12. The minimum atomic E-state index is -0.212. The van der Waals surface area contributed by atoms with E-state index in [0.29, 0.717) is 22.7 Å². The lowest BCUT2D eigenvalue weighted by Crippen LogP contribution is -2.10. The maximum atomic E-state index is 13.3. The molecule has 1 aromatic carbocycles. The standard InChI is InChI=1S/C15H16FN3O/c1-9-6-10(2-3-12(9)16)13-18-14(20-19-13)11-7-15(11)4-5-17-8-15/h2-3,6,11,17H,4-5,7-8H2,1H3. The van der Waals surface area contributed by atoms with Crippen molar-refractivity contribution < 1.29 is 8.91 Å². The van der Waals surface area contributed by atoms with Crippen LogP contribution in [0.2, 0.25) is 0 Å². The molecule has 1 spiro atoms. The highest BCUT2D eigenvalue weighted by Gasteiger charge is 2.58. The summed E-state index contributed by atoms with van der Waals surface area (Å²) >= 11 is 0. The van der Waals surface area contributed by atoms with Gasteiger partial charge in [0.2, 0.25) is 11.7 Å². The average Bonchev–Trinajstić information content (AvgIpc) is 2.83. The molecule has 2 atom stereocenters. The van der Waals surface area contributed by atoms with Gasteiger partial charge in [-0.1, -0.05) is 5.16 Å². The normalized spacial score (nSPS) is 28.2. The first-order valence-corrected chi connectivity index (χ1v) is 6.99. The van der Waals surface area contributed by atoms with E-state index in [1.807, 2.05) is 0 Å². The van der Waals surface area contributed by atoms with Gasteiger partial charge in [0.1, 0.15) is 5.82 Å². The third-order valence-electron chi connectivity index (χ3n) is 4.62. The Labute approximate surface area is 116 Å². The van der Waals surface area contributed by atoms with Crippen LogP contribution >= 0.6 is 0 Å². The van der Waals surface area contributed by atoms with Crippen LogP contribution in [0, 0.1) is 18.2 Å². The molecular weight excluding hydrogens is 257 g/mol. The van der Waals surface area contributed by atoms with E-state index in [-0.39, 0.29) is 5.82 Å². The van der Waals surface area contributed by atoms with Crippen molar-refractivity contribution in [2.45, 2.75) is 25.7 Å². The summed E-state index contributed by atoms with van der Waals surface area (Å²) in [6.45, 7) is 3.86. The van der Waals surface area contributed by atoms with Gasteiger partial charge in [0.25, 0.3) is 0 Å². The fourth-order valence-electron chi connectivity index (χ4n) is 3.21. The van der Waals surface area contributed by atoms with Gasteiger partial charge >= 0.3 is 0 Å². The van der Waals surface area contributed by atoms with Gasteiger partial charge in [0.15, 0.2) is 0 Å². The summed E-state index contributed by atoms with van der Waals surface area (Å²) in [7, 11) is 0. The number of rotatable bonds is 2. The number of halogens is 1. The second-order valence-corrected chi connectivity index (χ2v) is 5.97. The summed E-state index contributed by atoms with van der Waals surface area (Å²) in [5.41, 5.74) is 1.75. The summed E-state index contributed by atoms with van der Waals surface area (Å²) in [6.07, 6.45) is 2.31. The van der Waals surface area contributed by atoms with Crippen molar-refractivity contribution in [1.82, 2.24) is 15.5 Å². The Balaban J connectivity index is 1.61. The van der Waals surface area contributed by atoms with Crippen LogP contribution in [-0.2, 0) is 0 Å². The molecule has 0 amide bonds. The summed E-state index contributed by atoms with van der Waals surface area (Å²) < 4.78 is 18.7. The van der Waals surface area contributed by atoms with E-state index < -0.39 is 0 Å². The third-order valence-corrected chi connectivity index (χ3v) is 4.62. The predicted octanol–water partition coefficient (Wildman–Crippen LogP) is 2.65. The molecule has 1 saturated heterocycles. The molecule has 1 N–H and O–H groups in total. The Bertz CT molecular complexity index is 661. The van der Waals surface area contributed by atoms with Crippen molar-refractivity contribution >= 4 is 0 Å². The van der Waals surface area contributed by atoms with E-state index in [1.54, 1.807) is 19.1 Å². The highest BCUT2D eigenvalue weighted by Crippen LogP contribution is 2.62. The molecule has 104 valence electrons. The minimum absolute atomic E-state index is 0.212. The molecule has 2 aliphatic rings. The zero-order valence-corrected chi connectivity index (χ0v) is 11.3. The third kappa shape index (κ3) is 1.77. The highest BCUT2D eigenvalue weighted by molar-refractivity contribution is 5.55. The first-order valence-electron chi connectivity index (χ1n) is 6.99. The monoisotopic (exact) mass is 273 g/mol. The largest absolute Gasteiger partial charge is 0.339 e. The fraction of sp³-hybridized carbons (Fsp3) is 0.467. The van der Waals surface area contributed by atoms with Gasteiger partial charge in [-0.25, -0.2) is 4.39 Å². The number of aromatic nitrogens is 2. The molecule has 1 aromatic heterocycles. The Morgan fingerprint density at radius 1 is 1.45 bits per heavy atom. The topological polar surface area (TPSA) is 51.0 Å². The Kier molecular flexibility index (Phi) is 2.48. The molecule has 0 radical (unpaired) electrons. The van der Waals surface area contributed by atoms with Crippen LogP contribution in [0.15, 0.2) is 22.7 Å². The summed E-state index contributed by atoms with van der Waals surface area (Å²) in [6, 6.07) is 4.89. The zero-order chi connectivity index (χ0) is 13.7. The predicted molar refractivity (Wildman–Crippen MR) is 71.7 cm³/mol. The van der Waals surface area contributed by atoms with Crippen molar-refractivity contribution in [3.8, 4) is 11.4 Å². The van der Waals surface area contributed by atoms with Gasteiger partial charge in [-0.3, -0.25) is 0 Å². The van der Waals surface area contributed by atoms with E-state index in [9.17, 15) is 4.39 Å². The lowest BCUT2D eigenvalue weighted by molar-refractivity contribution is 0.364. The molecule has 1 saturated carbocycles. The smallest absolute Gasteiger partial charge is 0.230 e. The maximum Gasteiger partial charge on any atom is 0.230 e. The van der Waals surface area contributed by atoms with Crippen molar-refractivity contribution in [2.75, 3.05) is 13.1 Å². The van der Waals surface area contributed by atoms with Crippen LogP contribution < -0.4 is 5.32 Å². The van der Waals surface area contributed by atoms with Gasteiger partial charge in [-0.15, -0.1) is 0 Å². The lowest BCUT2D eigenvalue weighted by Gasteiger charge is -2.02. The Hall–Kier alpha value is -1.75. The van der Waals surface area contributed by atoms with Crippen LogP contribution in [0.4, 0.5) is 4.39 Å². The van der Waals surface area contributed by atoms with Crippen LogP contribution in [0.5, 0.6) is 0 Å². The molecule has 1 aliphatic carbocycles. The molecular formula is C15H16FN3O. The number of nitrogens with one attached hydrogen (secondary N) is 1. The zero-order valence-electron chi connectivity index (χ0n) is 11.3. The van der Waals surface area contributed by atoms with Crippen LogP contribution in [0.3, 0.4) is 0 Å². The van der Waals surface area contributed by atoms with Crippen molar-refractivity contribution in [3.63, 3.8) is 0 Å². The average molecular weight is 273 g/mol. The molecule has 5 heteroatoms. The number of hydrogen-bond donors (Lipinski definition) is 1. The molecule has 0 bridgehead atoms. The van der Waals surface area contributed by atoms with Gasteiger partial charge < -0.3 is 9.84 Å². The molecule has 2 aromatic rings. The number of benzene rings is 1. The number of nitrogens with zero attached hydrogens (tertiary/aromatic N) is 2. The SMILES string of the molecule is Cc1cc(-c2noc(C3CC34CCNC4)n2)ccc1F. The molecule has 2 heterocycles. The van der Waals surface area contributed by atoms with E-state index in [4.69, 9.17) is 4.52 Å². The molecule has 2 fully saturated rings. The molecule has 20 heavy (non-hydrogen) atoms.